The molecule has 12 aromatic carbocycles. The molecule has 17 rings (SSSR count). The second-order valence-corrected chi connectivity index (χ2v) is 25.1. The van der Waals surface area contributed by atoms with Gasteiger partial charge in [-0.2, -0.15) is 0 Å². The molecule has 0 bridgehead atoms. The zero-order valence-corrected chi connectivity index (χ0v) is 48.5. The maximum atomic E-state index is 7.06. The summed E-state index contributed by atoms with van der Waals surface area (Å²) in [5.74, 6) is 0. The maximum absolute atomic E-state index is 7.06. The normalized spacial score (nSPS) is 14.5. The first-order valence-corrected chi connectivity index (χ1v) is 29.8. The molecular weight excluding hydrogens is 1030 g/mol. The van der Waals surface area contributed by atoms with Gasteiger partial charge in [0.15, 0.2) is 0 Å². The molecule has 4 heteroatoms. The third-order valence-electron chi connectivity index (χ3n) is 19.3. The van der Waals surface area contributed by atoms with Crippen LogP contribution in [0.1, 0.15) is 74.9 Å². The Hall–Kier alpha value is -10.2. The van der Waals surface area contributed by atoms with E-state index in [4.69, 9.17) is 8.83 Å². The van der Waals surface area contributed by atoms with Crippen LogP contribution in [0.3, 0.4) is 0 Å². The van der Waals surface area contributed by atoms with Crippen LogP contribution in [-0.2, 0) is 16.2 Å². The predicted octanol–water partition coefficient (Wildman–Crippen LogP) is 22.7. The number of para-hydroxylation sites is 4. The first-order chi connectivity index (χ1) is 41.4. The van der Waals surface area contributed by atoms with E-state index < -0.39 is 0 Å². The van der Waals surface area contributed by atoms with Gasteiger partial charge in [0.2, 0.25) is 0 Å². The van der Waals surface area contributed by atoms with E-state index >= 15 is 0 Å². The van der Waals surface area contributed by atoms with E-state index in [-0.39, 0.29) is 16.2 Å². The van der Waals surface area contributed by atoms with Gasteiger partial charge in [-0.15, -0.1) is 0 Å². The van der Waals surface area contributed by atoms with E-state index in [1.54, 1.807) is 0 Å². The first kappa shape index (κ1) is 49.4. The van der Waals surface area contributed by atoms with Gasteiger partial charge in [0.25, 0.3) is 0 Å². The van der Waals surface area contributed by atoms with Gasteiger partial charge >= 0.3 is 0 Å². The monoisotopic (exact) mass is 1090 g/mol. The molecule has 0 unspecified atom stereocenters. The smallest absolute Gasteiger partial charge is 0.144 e. The molecule has 4 nitrogen and oxygen atoms in total. The number of rotatable bonds is 8. The van der Waals surface area contributed by atoms with Crippen molar-refractivity contribution in [2.45, 2.75) is 57.8 Å². The molecule has 0 N–H and O–H groups in total. The van der Waals surface area contributed by atoms with Crippen LogP contribution in [0, 0.1) is 0 Å². The van der Waals surface area contributed by atoms with Gasteiger partial charge in [0.05, 0.1) is 0 Å². The molecule has 406 valence electrons. The summed E-state index contributed by atoms with van der Waals surface area (Å²) in [6.07, 6.45) is 0. The Morgan fingerprint density at radius 3 is 1.34 bits per heavy atom. The van der Waals surface area contributed by atoms with Crippen LogP contribution in [-0.4, -0.2) is 0 Å². The fourth-order valence-corrected chi connectivity index (χ4v) is 15.4. The Bertz CT molecular complexity index is 5040. The lowest BCUT2D eigenvalue weighted by molar-refractivity contribution is 0.600. The van der Waals surface area contributed by atoms with Crippen molar-refractivity contribution in [1.82, 2.24) is 0 Å². The summed E-state index contributed by atoms with van der Waals surface area (Å²) in [7, 11) is 0. The fourth-order valence-electron chi connectivity index (χ4n) is 15.4. The highest BCUT2D eigenvalue weighted by molar-refractivity contribution is 6.22. The third kappa shape index (κ3) is 7.03. The van der Waals surface area contributed by atoms with E-state index in [1.165, 1.54) is 88.7 Å². The summed E-state index contributed by atoms with van der Waals surface area (Å²) in [6.45, 7) is 14.6. The molecule has 2 aromatic heterocycles. The lowest BCUT2D eigenvalue weighted by Crippen LogP contribution is -2.24. The molecule has 2 heterocycles. The summed E-state index contributed by atoms with van der Waals surface area (Å²) in [6, 6.07) is 93.3. The summed E-state index contributed by atoms with van der Waals surface area (Å²) in [5.41, 5.74) is 29.4. The third-order valence-corrected chi connectivity index (χ3v) is 19.3. The van der Waals surface area contributed by atoms with Crippen LogP contribution in [0.4, 0.5) is 34.1 Å². The van der Waals surface area contributed by atoms with Gasteiger partial charge in [-0.05, 0) is 175 Å². The van der Waals surface area contributed by atoms with Crippen molar-refractivity contribution in [3.8, 4) is 55.6 Å². The van der Waals surface area contributed by atoms with Crippen LogP contribution < -0.4 is 9.80 Å². The molecule has 14 aromatic rings. The molecule has 3 aliphatic rings. The average molecular weight is 1090 g/mol. The minimum atomic E-state index is -0.383. The predicted molar refractivity (Wildman–Crippen MR) is 354 cm³/mol. The summed E-state index contributed by atoms with van der Waals surface area (Å²) in [5, 5.41) is 4.66. The van der Waals surface area contributed by atoms with Crippen LogP contribution in [0.2, 0.25) is 0 Å². The molecule has 0 fully saturated rings. The van der Waals surface area contributed by atoms with Crippen molar-refractivity contribution in [2.75, 3.05) is 9.80 Å². The highest BCUT2D eigenvalue weighted by Crippen LogP contribution is 2.64. The number of anilines is 6. The molecule has 3 aliphatic carbocycles. The maximum Gasteiger partial charge on any atom is 0.144 e. The van der Waals surface area contributed by atoms with E-state index in [1.807, 2.05) is 0 Å². The van der Waals surface area contributed by atoms with E-state index in [0.717, 1.165) is 78.4 Å². The molecule has 0 aliphatic heterocycles. The van der Waals surface area contributed by atoms with Crippen LogP contribution in [0.15, 0.2) is 264 Å². The Morgan fingerprint density at radius 2 is 0.706 bits per heavy atom. The van der Waals surface area contributed by atoms with Gasteiger partial charge in [-0.3, -0.25) is 0 Å². The second kappa shape index (κ2) is 17.9. The molecule has 85 heavy (non-hydrogen) atoms. The standard InChI is InChI=1S/C81H60N2O2/c1-79(2)65-46-56(41-43-59(65)70-67(79)48-63(77-72(70)61-32-17-20-35-68(61)84-77)51-26-22-25-50(45-51)49-23-10-7-11-24-49)83(55-39-37-54(38-40-55)82(52-27-12-8-13-28-52)53-29-14-9-15-30-53)57-42-44-60-66(47-57)81(5,6)75-71(60)73-62-33-18-21-36-69(62)85-78(73)74-58-31-16-19-34-64(58)80(3,4)76(74)75/h7-48H,1-6H3. The summed E-state index contributed by atoms with van der Waals surface area (Å²) >= 11 is 0. The molecule has 0 saturated carbocycles. The molecule has 0 atom stereocenters. The first-order valence-electron chi connectivity index (χ1n) is 29.8. The van der Waals surface area contributed by atoms with Crippen molar-refractivity contribution in [3.63, 3.8) is 0 Å². The lowest BCUT2D eigenvalue weighted by Gasteiger charge is -2.32. The van der Waals surface area contributed by atoms with Crippen LogP contribution in [0.5, 0.6) is 0 Å². The minimum absolute atomic E-state index is 0.261. The summed E-state index contributed by atoms with van der Waals surface area (Å²) < 4.78 is 14.1. The highest BCUT2D eigenvalue weighted by Gasteiger charge is 2.49. The molecule has 0 radical (unpaired) electrons. The van der Waals surface area contributed by atoms with Crippen molar-refractivity contribution < 1.29 is 8.83 Å². The number of furan rings is 2. The van der Waals surface area contributed by atoms with Gasteiger partial charge in [0, 0.05) is 83.0 Å². The van der Waals surface area contributed by atoms with E-state index in [0.29, 0.717) is 0 Å². The molecule has 0 spiro atoms. The summed E-state index contributed by atoms with van der Waals surface area (Å²) in [4.78, 5) is 4.83. The van der Waals surface area contributed by atoms with Crippen LogP contribution in [0.25, 0.3) is 99.5 Å². The van der Waals surface area contributed by atoms with Crippen molar-refractivity contribution in [1.29, 1.82) is 0 Å². The van der Waals surface area contributed by atoms with E-state index in [9.17, 15) is 0 Å². The SMILES string of the molecule is CC1(C)c2cc(N(c3ccc(N(c4ccccc4)c4ccccc4)cc3)c3ccc4c(c3)C(C)(C)c3c5c(c6oc7ccccc7c6c3-4)-c3ccccc3C5(C)C)ccc2-c2c1cc(-c1cccc(-c3ccccc3)c1)c1oc3ccccc3c21. The van der Waals surface area contributed by atoms with Crippen molar-refractivity contribution in [3.05, 3.63) is 288 Å². The lowest BCUT2D eigenvalue weighted by atomic mass is 9.72. The second-order valence-electron chi connectivity index (χ2n) is 25.1. The van der Waals surface area contributed by atoms with Gasteiger partial charge < -0.3 is 18.6 Å². The average Bonchev–Trinajstić information content (AvgIpc) is 1.58. The number of nitrogens with zero attached hydrogens (tertiary/aromatic N) is 2. The molecule has 0 saturated heterocycles. The molecular formula is C81H60N2O2. The topological polar surface area (TPSA) is 32.8 Å². The minimum Gasteiger partial charge on any atom is -0.455 e. The van der Waals surface area contributed by atoms with E-state index in [2.05, 4.69) is 306 Å². The van der Waals surface area contributed by atoms with Gasteiger partial charge in [0.1, 0.15) is 22.3 Å². The fraction of sp³-hybridized carbons (Fsp3) is 0.111. The number of fused-ring (bicyclic) bond motifs is 19. The van der Waals surface area contributed by atoms with Crippen LogP contribution >= 0.6 is 0 Å². The van der Waals surface area contributed by atoms with Crippen molar-refractivity contribution in [2.24, 2.45) is 0 Å². The Labute approximate surface area is 495 Å². The largest absolute Gasteiger partial charge is 0.455 e. The molecule has 0 amide bonds. The zero-order valence-electron chi connectivity index (χ0n) is 48.5. The Kier molecular flexibility index (Phi) is 10.4. The highest BCUT2D eigenvalue weighted by atomic mass is 16.3. The van der Waals surface area contributed by atoms with Gasteiger partial charge in [-0.25, -0.2) is 0 Å². The Morgan fingerprint density at radius 1 is 0.271 bits per heavy atom. The number of hydrogen-bond acceptors (Lipinski definition) is 4. The van der Waals surface area contributed by atoms with Gasteiger partial charge in [-0.1, -0.05) is 199 Å². The zero-order chi connectivity index (χ0) is 57.1. The quantitative estimate of drug-likeness (QED) is 0.152. The Balaban J connectivity index is 0.870. The number of hydrogen-bond donors (Lipinski definition) is 0. The number of benzene rings is 12. The van der Waals surface area contributed by atoms with Crippen molar-refractivity contribution >= 4 is 78.0 Å².